The lowest BCUT2D eigenvalue weighted by molar-refractivity contribution is 0.0698. The number of ether oxygens (including phenoxy) is 1. The predicted octanol–water partition coefficient (Wildman–Crippen LogP) is 0.593. The lowest BCUT2D eigenvalue weighted by atomic mass is 10.1. The zero-order valence-electron chi connectivity index (χ0n) is 13.7. The van der Waals surface area contributed by atoms with Crippen molar-refractivity contribution < 1.29 is 17.9 Å². The molecule has 1 N–H and O–H groups in total. The maximum absolute atomic E-state index is 12.7. The van der Waals surface area contributed by atoms with Crippen LogP contribution in [0.4, 0.5) is 0 Å². The minimum atomic E-state index is -3.53. The largest absolute Gasteiger partial charge is 0.379 e. The number of likely N-dealkylation sites (N-methyl/N-ethyl adjacent to an activating group) is 1. The number of thiophene rings is 1. The van der Waals surface area contributed by atoms with Crippen molar-refractivity contribution >= 4 is 27.3 Å². The van der Waals surface area contributed by atoms with Crippen molar-refractivity contribution in [2.75, 3.05) is 46.4 Å². The fourth-order valence-corrected chi connectivity index (χ4v) is 5.77. The van der Waals surface area contributed by atoms with Gasteiger partial charge in [-0.3, -0.25) is 4.79 Å². The highest BCUT2D eigenvalue weighted by molar-refractivity contribution is 7.91. The maximum atomic E-state index is 12.7. The van der Waals surface area contributed by atoms with Crippen LogP contribution in [0, 0.1) is 0 Å². The Hall–Kier alpha value is -1.00. The van der Waals surface area contributed by atoms with Crippen LogP contribution in [0.15, 0.2) is 15.7 Å². The number of carbonyl (C=O) groups excluding carboxylic acids is 1. The summed E-state index contributed by atoms with van der Waals surface area (Å²) in [5.74, 6) is -0.0883. The second-order valence-corrected chi connectivity index (χ2v) is 9.13. The quantitative estimate of drug-likeness (QED) is 0.836. The fourth-order valence-electron chi connectivity index (χ4n) is 3.06. The van der Waals surface area contributed by atoms with Gasteiger partial charge < -0.3 is 15.0 Å². The van der Waals surface area contributed by atoms with E-state index in [0.717, 1.165) is 30.7 Å². The smallest absolute Gasteiger partial charge is 0.254 e. The first-order valence-electron chi connectivity index (χ1n) is 8.15. The first-order chi connectivity index (χ1) is 11.5. The minimum absolute atomic E-state index is 0.0883. The minimum Gasteiger partial charge on any atom is -0.379 e. The Labute approximate surface area is 146 Å². The van der Waals surface area contributed by atoms with Crippen LogP contribution in [0.3, 0.4) is 0 Å². The number of nitrogens with zero attached hydrogens (tertiary/aromatic N) is 2. The van der Waals surface area contributed by atoms with E-state index in [2.05, 4.69) is 5.32 Å². The van der Waals surface area contributed by atoms with Crippen molar-refractivity contribution in [3.05, 3.63) is 17.0 Å². The summed E-state index contributed by atoms with van der Waals surface area (Å²) < 4.78 is 32.1. The summed E-state index contributed by atoms with van der Waals surface area (Å²) >= 11 is 1.12. The number of amides is 1. The van der Waals surface area contributed by atoms with Gasteiger partial charge in [-0.15, -0.1) is 11.3 Å². The van der Waals surface area contributed by atoms with E-state index in [9.17, 15) is 13.2 Å². The van der Waals surface area contributed by atoms with Crippen LogP contribution in [0.2, 0.25) is 0 Å². The Balaban J connectivity index is 1.73. The lowest BCUT2D eigenvalue weighted by Crippen LogP contribution is -2.46. The molecule has 0 aliphatic carbocycles. The van der Waals surface area contributed by atoms with Gasteiger partial charge in [0.05, 0.1) is 18.8 Å². The van der Waals surface area contributed by atoms with Crippen LogP contribution in [0.25, 0.3) is 0 Å². The molecular formula is C15H23N3O4S2. The van der Waals surface area contributed by atoms with Crippen LogP contribution in [0.5, 0.6) is 0 Å². The second-order valence-electron chi connectivity index (χ2n) is 6.05. The summed E-state index contributed by atoms with van der Waals surface area (Å²) in [5.41, 5.74) is 0.462. The molecule has 24 heavy (non-hydrogen) atoms. The molecule has 1 aromatic rings. The molecule has 1 unspecified atom stereocenters. The fraction of sp³-hybridized carbons (Fsp3) is 0.667. The van der Waals surface area contributed by atoms with Gasteiger partial charge in [0, 0.05) is 37.6 Å². The SMILES string of the molecule is CNC1CCCN(C(=O)c2csc(S(=O)(=O)N3CCOCC3)c2)C1. The van der Waals surface area contributed by atoms with Crippen LogP contribution in [-0.2, 0) is 14.8 Å². The number of carbonyl (C=O) groups is 1. The van der Waals surface area contributed by atoms with Gasteiger partial charge in [0.2, 0.25) is 0 Å². The van der Waals surface area contributed by atoms with Crippen molar-refractivity contribution in [3.8, 4) is 0 Å². The highest BCUT2D eigenvalue weighted by Gasteiger charge is 2.30. The zero-order chi connectivity index (χ0) is 17.2. The summed E-state index contributed by atoms with van der Waals surface area (Å²) in [5, 5.41) is 4.86. The van der Waals surface area contributed by atoms with Crippen molar-refractivity contribution in [2.24, 2.45) is 0 Å². The van der Waals surface area contributed by atoms with Crippen molar-refractivity contribution in [1.82, 2.24) is 14.5 Å². The topological polar surface area (TPSA) is 79.0 Å². The molecule has 3 heterocycles. The molecule has 0 aromatic carbocycles. The summed E-state index contributed by atoms with van der Waals surface area (Å²) in [6.45, 7) is 2.93. The Bertz CT molecular complexity index is 683. The highest BCUT2D eigenvalue weighted by atomic mass is 32.2. The number of morpholine rings is 1. The number of hydrogen-bond donors (Lipinski definition) is 1. The van der Waals surface area contributed by atoms with Gasteiger partial charge in [-0.25, -0.2) is 8.42 Å². The third-order valence-electron chi connectivity index (χ3n) is 4.50. The molecule has 0 radical (unpaired) electrons. The van der Waals surface area contributed by atoms with E-state index >= 15 is 0 Å². The molecule has 3 rings (SSSR count). The first kappa shape index (κ1) is 17.8. The monoisotopic (exact) mass is 373 g/mol. The third kappa shape index (κ3) is 3.65. The number of sulfonamides is 1. The molecule has 7 nitrogen and oxygen atoms in total. The molecule has 134 valence electrons. The van der Waals surface area contributed by atoms with Gasteiger partial charge >= 0.3 is 0 Å². The number of likely N-dealkylation sites (tertiary alicyclic amines) is 1. The highest BCUT2D eigenvalue weighted by Crippen LogP contribution is 2.26. The molecule has 2 aliphatic rings. The third-order valence-corrected chi connectivity index (χ3v) is 7.82. The average molecular weight is 374 g/mol. The van der Waals surface area contributed by atoms with Crippen molar-refractivity contribution in [1.29, 1.82) is 0 Å². The average Bonchev–Trinajstić information content (AvgIpc) is 3.13. The normalized spacial score (nSPS) is 23.4. The molecule has 0 bridgehead atoms. The predicted molar refractivity (Wildman–Crippen MR) is 91.9 cm³/mol. The van der Waals surface area contributed by atoms with Crippen molar-refractivity contribution in [3.63, 3.8) is 0 Å². The van der Waals surface area contributed by atoms with E-state index < -0.39 is 10.0 Å². The van der Waals surface area contributed by atoms with Crippen molar-refractivity contribution in [2.45, 2.75) is 23.1 Å². The molecule has 2 fully saturated rings. The molecule has 1 amide bonds. The van der Waals surface area contributed by atoms with Crippen LogP contribution in [0.1, 0.15) is 23.2 Å². The van der Waals surface area contributed by atoms with E-state index in [-0.39, 0.29) is 10.1 Å². The molecule has 9 heteroatoms. The number of hydrogen-bond acceptors (Lipinski definition) is 6. The maximum Gasteiger partial charge on any atom is 0.254 e. The Kier molecular flexibility index (Phi) is 5.56. The molecule has 0 spiro atoms. The standard InChI is InChI=1S/C15H23N3O4S2/c1-16-13-3-2-4-17(10-13)15(19)12-9-14(23-11-12)24(20,21)18-5-7-22-8-6-18/h9,11,13,16H,2-8,10H2,1H3. The Morgan fingerprint density at radius 3 is 2.79 bits per heavy atom. The molecule has 2 saturated heterocycles. The summed E-state index contributed by atoms with van der Waals surface area (Å²) in [6.07, 6.45) is 2.01. The second kappa shape index (κ2) is 7.49. The van der Waals surface area contributed by atoms with Crippen LogP contribution < -0.4 is 5.32 Å². The van der Waals surface area contributed by atoms with E-state index in [1.54, 1.807) is 10.3 Å². The van der Waals surface area contributed by atoms with Gasteiger partial charge in [0.25, 0.3) is 15.9 Å². The van der Waals surface area contributed by atoms with Crippen LogP contribution >= 0.6 is 11.3 Å². The summed E-state index contributed by atoms with van der Waals surface area (Å²) in [7, 11) is -1.63. The van der Waals surface area contributed by atoms with E-state index in [1.807, 2.05) is 7.05 Å². The van der Waals surface area contributed by atoms with Gasteiger partial charge in [-0.1, -0.05) is 0 Å². The summed E-state index contributed by atoms with van der Waals surface area (Å²) in [4.78, 5) is 14.5. The van der Waals surface area contributed by atoms with Gasteiger partial charge in [0.1, 0.15) is 4.21 Å². The van der Waals surface area contributed by atoms with E-state index in [4.69, 9.17) is 4.74 Å². The molecule has 2 aliphatic heterocycles. The van der Waals surface area contributed by atoms with Crippen LogP contribution in [-0.4, -0.2) is 76.0 Å². The van der Waals surface area contributed by atoms with E-state index in [0.29, 0.717) is 44.5 Å². The van der Waals surface area contributed by atoms with E-state index in [1.165, 1.54) is 10.4 Å². The number of nitrogens with one attached hydrogen (secondary N) is 1. The van der Waals surface area contributed by atoms with Gasteiger partial charge in [0.15, 0.2) is 0 Å². The lowest BCUT2D eigenvalue weighted by Gasteiger charge is -2.32. The van der Waals surface area contributed by atoms with Gasteiger partial charge in [-0.05, 0) is 26.0 Å². The molecular weight excluding hydrogens is 350 g/mol. The molecule has 1 atom stereocenters. The van der Waals surface area contributed by atoms with Gasteiger partial charge in [-0.2, -0.15) is 4.31 Å². The Morgan fingerprint density at radius 2 is 2.08 bits per heavy atom. The number of piperidine rings is 1. The summed E-state index contributed by atoms with van der Waals surface area (Å²) in [6, 6.07) is 1.82. The Morgan fingerprint density at radius 1 is 1.33 bits per heavy atom. The zero-order valence-corrected chi connectivity index (χ0v) is 15.4. The molecule has 0 saturated carbocycles. The first-order valence-corrected chi connectivity index (χ1v) is 10.5. The molecule has 1 aromatic heterocycles. The number of rotatable bonds is 4.